The zero-order valence-electron chi connectivity index (χ0n) is 11.5. The van der Waals surface area contributed by atoms with Crippen molar-refractivity contribution in [2.24, 2.45) is 0 Å². The van der Waals surface area contributed by atoms with Crippen molar-refractivity contribution in [3.63, 3.8) is 0 Å². The van der Waals surface area contributed by atoms with E-state index in [2.05, 4.69) is 5.32 Å². The summed E-state index contributed by atoms with van der Waals surface area (Å²) >= 11 is 0. The van der Waals surface area contributed by atoms with Crippen molar-refractivity contribution in [2.75, 3.05) is 19.6 Å². The standard InChI is InChI=1S/C15H21FN2O2/c16-13-5-3-12(4-6-13)2-1-9-17-15(20)18-10-7-14(19)8-11-18/h3-6,14,19H,1-2,7-11H2,(H,17,20). The summed E-state index contributed by atoms with van der Waals surface area (Å²) in [5.41, 5.74) is 1.07. The summed E-state index contributed by atoms with van der Waals surface area (Å²) in [5, 5.41) is 12.3. The van der Waals surface area contributed by atoms with E-state index in [9.17, 15) is 14.3 Å². The Morgan fingerprint density at radius 3 is 2.60 bits per heavy atom. The number of aliphatic hydroxyl groups is 1. The van der Waals surface area contributed by atoms with Gasteiger partial charge in [0.2, 0.25) is 0 Å². The predicted molar refractivity (Wildman–Crippen MR) is 74.9 cm³/mol. The zero-order chi connectivity index (χ0) is 14.4. The molecule has 0 spiro atoms. The second kappa shape index (κ2) is 7.24. The van der Waals surface area contributed by atoms with Crippen molar-refractivity contribution in [2.45, 2.75) is 31.8 Å². The number of hydrogen-bond donors (Lipinski definition) is 2. The van der Waals surface area contributed by atoms with Gasteiger partial charge in [0.15, 0.2) is 0 Å². The molecule has 20 heavy (non-hydrogen) atoms. The number of amides is 2. The van der Waals surface area contributed by atoms with Crippen LogP contribution in [0.25, 0.3) is 0 Å². The molecule has 0 unspecified atom stereocenters. The number of likely N-dealkylation sites (tertiary alicyclic amines) is 1. The molecule has 0 saturated carbocycles. The van der Waals surface area contributed by atoms with Gasteiger partial charge in [0.1, 0.15) is 5.82 Å². The molecule has 1 aromatic rings. The van der Waals surface area contributed by atoms with Crippen molar-refractivity contribution < 1.29 is 14.3 Å². The number of aryl methyl sites for hydroxylation is 1. The Morgan fingerprint density at radius 1 is 1.30 bits per heavy atom. The Morgan fingerprint density at radius 2 is 1.95 bits per heavy atom. The van der Waals surface area contributed by atoms with Gasteiger partial charge >= 0.3 is 6.03 Å². The lowest BCUT2D eigenvalue weighted by Gasteiger charge is -2.29. The van der Waals surface area contributed by atoms with Crippen LogP contribution in [0.3, 0.4) is 0 Å². The molecular formula is C15H21FN2O2. The number of benzene rings is 1. The molecular weight excluding hydrogens is 259 g/mol. The molecule has 5 heteroatoms. The maximum Gasteiger partial charge on any atom is 0.317 e. The van der Waals surface area contributed by atoms with Gasteiger partial charge in [-0.1, -0.05) is 12.1 Å². The van der Waals surface area contributed by atoms with Crippen molar-refractivity contribution in [1.82, 2.24) is 10.2 Å². The second-order valence-electron chi connectivity index (χ2n) is 5.18. The predicted octanol–water partition coefficient (Wildman–Crippen LogP) is 1.92. The molecule has 1 aliphatic rings. The highest BCUT2D eigenvalue weighted by molar-refractivity contribution is 5.74. The first-order valence-corrected chi connectivity index (χ1v) is 7.10. The molecule has 1 heterocycles. The Kier molecular flexibility index (Phi) is 5.35. The highest BCUT2D eigenvalue weighted by Crippen LogP contribution is 2.10. The van der Waals surface area contributed by atoms with Crippen LogP contribution in [-0.2, 0) is 6.42 Å². The number of carbonyl (C=O) groups excluding carboxylic acids is 1. The molecule has 1 saturated heterocycles. The fourth-order valence-corrected chi connectivity index (χ4v) is 2.32. The summed E-state index contributed by atoms with van der Waals surface area (Å²) < 4.78 is 12.7. The van der Waals surface area contributed by atoms with Gasteiger partial charge in [0, 0.05) is 19.6 Å². The molecule has 2 N–H and O–H groups in total. The normalized spacial score (nSPS) is 16.2. The van der Waals surface area contributed by atoms with Gasteiger partial charge in [0.25, 0.3) is 0 Å². The van der Waals surface area contributed by atoms with E-state index in [0.717, 1.165) is 18.4 Å². The van der Waals surface area contributed by atoms with E-state index >= 15 is 0 Å². The number of nitrogens with one attached hydrogen (secondary N) is 1. The molecule has 0 radical (unpaired) electrons. The van der Waals surface area contributed by atoms with E-state index in [1.807, 2.05) is 0 Å². The lowest BCUT2D eigenvalue weighted by Crippen LogP contribution is -2.45. The zero-order valence-corrected chi connectivity index (χ0v) is 11.5. The third-order valence-corrected chi connectivity index (χ3v) is 3.58. The van der Waals surface area contributed by atoms with Crippen molar-refractivity contribution >= 4 is 6.03 Å². The van der Waals surface area contributed by atoms with Crippen LogP contribution < -0.4 is 5.32 Å². The highest BCUT2D eigenvalue weighted by Gasteiger charge is 2.20. The fraction of sp³-hybridized carbons (Fsp3) is 0.533. The maximum absolute atomic E-state index is 12.7. The lowest BCUT2D eigenvalue weighted by molar-refractivity contribution is 0.0937. The smallest absolute Gasteiger partial charge is 0.317 e. The molecule has 4 nitrogen and oxygen atoms in total. The Bertz CT molecular complexity index is 428. The minimum Gasteiger partial charge on any atom is -0.393 e. The van der Waals surface area contributed by atoms with Crippen molar-refractivity contribution in [3.8, 4) is 0 Å². The SMILES string of the molecule is O=C(NCCCc1ccc(F)cc1)N1CCC(O)CC1. The van der Waals surface area contributed by atoms with Gasteiger partial charge in [-0.25, -0.2) is 9.18 Å². The Hall–Kier alpha value is -1.62. The first-order chi connectivity index (χ1) is 9.65. The quantitative estimate of drug-likeness (QED) is 0.828. The number of hydrogen-bond acceptors (Lipinski definition) is 2. The third kappa shape index (κ3) is 4.49. The van der Waals surface area contributed by atoms with Crippen LogP contribution in [0, 0.1) is 5.82 Å². The molecule has 1 aliphatic heterocycles. The lowest BCUT2D eigenvalue weighted by atomic mass is 10.1. The van der Waals surface area contributed by atoms with E-state index in [1.54, 1.807) is 17.0 Å². The molecule has 2 amide bonds. The molecule has 0 bridgehead atoms. The highest BCUT2D eigenvalue weighted by atomic mass is 19.1. The molecule has 2 rings (SSSR count). The Labute approximate surface area is 118 Å². The molecule has 0 aliphatic carbocycles. The van der Waals surface area contributed by atoms with E-state index in [1.165, 1.54) is 12.1 Å². The second-order valence-corrected chi connectivity index (χ2v) is 5.18. The number of aliphatic hydroxyl groups excluding tert-OH is 1. The maximum atomic E-state index is 12.7. The van der Waals surface area contributed by atoms with Crippen LogP contribution in [0.1, 0.15) is 24.8 Å². The number of urea groups is 1. The van der Waals surface area contributed by atoms with Crippen LogP contribution in [0.4, 0.5) is 9.18 Å². The molecule has 110 valence electrons. The first kappa shape index (κ1) is 14.8. The molecule has 0 atom stereocenters. The summed E-state index contributed by atoms with van der Waals surface area (Å²) in [6, 6.07) is 6.38. The topological polar surface area (TPSA) is 52.6 Å². The molecule has 1 aromatic carbocycles. The van der Waals surface area contributed by atoms with Crippen LogP contribution >= 0.6 is 0 Å². The van der Waals surface area contributed by atoms with Gasteiger partial charge in [-0.2, -0.15) is 0 Å². The minimum absolute atomic E-state index is 0.0593. The van der Waals surface area contributed by atoms with Gasteiger partial charge in [-0.05, 0) is 43.4 Å². The van der Waals surface area contributed by atoms with E-state index in [0.29, 0.717) is 32.5 Å². The van der Waals surface area contributed by atoms with Crippen molar-refractivity contribution in [3.05, 3.63) is 35.6 Å². The van der Waals surface area contributed by atoms with E-state index in [4.69, 9.17) is 0 Å². The van der Waals surface area contributed by atoms with Crippen LogP contribution in [0.15, 0.2) is 24.3 Å². The minimum atomic E-state index is -0.266. The van der Waals surface area contributed by atoms with Crippen LogP contribution in [-0.4, -0.2) is 41.8 Å². The number of nitrogens with zero attached hydrogens (tertiary/aromatic N) is 1. The number of carbonyl (C=O) groups is 1. The van der Waals surface area contributed by atoms with Gasteiger partial charge in [-0.15, -0.1) is 0 Å². The number of piperidine rings is 1. The van der Waals surface area contributed by atoms with E-state index < -0.39 is 0 Å². The van der Waals surface area contributed by atoms with E-state index in [-0.39, 0.29) is 18.0 Å². The van der Waals surface area contributed by atoms with Gasteiger partial charge in [-0.3, -0.25) is 0 Å². The first-order valence-electron chi connectivity index (χ1n) is 7.10. The molecule has 1 fully saturated rings. The summed E-state index contributed by atoms with van der Waals surface area (Å²) in [7, 11) is 0. The van der Waals surface area contributed by atoms with Crippen LogP contribution in [0.5, 0.6) is 0 Å². The van der Waals surface area contributed by atoms with Crippen LogP contribution in [0.2, 0.25) is 0 Å². The van der Waals surface area contributed by atoms with Gasteiger partial charge in [0.05, 0.1) is 6.10 Å². The van der Waals surface area contributed by atoms with Crippen molar-refractivity contribution in [1.29, 1.82) is 0 Å². The third-order valence-electron chi connectivity index (χ3n) is 3.58. The fourth-order valence-electron chi connectivity index (χ4n) is 2.32. The average Bonchev–Trinajstić information content (AvgIpc) is 2.46. The summed E-state index contributed by atoms with van der Waals surface area (Å²) in [6.45, 7) is 1.84. The summed E-state index contributed by atoms with van der Waals surface area (Å²) in [6.07, 6.45) is 2.69. The summed E-state index contributed by atoms with van der Waals surface area (Å²) in [4.78, 5) is 13.6. The number of rotatable bonds is 4. The average molecular weight is 280 g/mol. The van der Waals surface area contributed by atoms with Gasteiger partial charge < -0.3 is 15.3 Å². The largest absolute Gasteiger partial charge is 0.393 e. The Balaban J connectivity index is 1.63. The monoisotopic (exact) mass is 280 g/mol. The number of halogens is 1. The summed E-state index contributed by atoms with van der Waals surface area (Å²) in [5.74, 6) is -0.227. The molecule has 0 aromatic heterocycles.